The molecular weight excluding hydrogens is 288 g/mol. The summed E-state index contributed by atoms with van der Waals surface area (Å²) >= 11 is 0. The maximum Gasteiger partial charge on any atom is 0.315 e. The molecule has 2 atom stereocenters. The smallest absolute Gasteiger partial charge is 0.315 e. The summed E-state index contributed by atoms with van der Waals surface area (Å²) in [5, 5.41) is 5.71. The van der Waals surface area contributed by atoms with Crippen LogP contribution >= 0.6 is 0 Å². The number of urea groups is 1. The summed E-state index contributed by atoms with van der Waals surface area (Å²) in [6.45, 7) is 7.89. The van der Waals surface area contributed by atoms with Crippen molar-refractivity contribution in [2.24, 2.45) is 5.92 Å². The number of hydrogen-bond donors (Lipinski definition) is 2. The molecule has 0 aliphatic heterocycles. The van der Waals surface area contributed by atoms with Crippen LogP contribution in [-0.2, 0) is 9.84 Å². The fourth-order valence-corrected chi connectivity index (χ4v) is 2.33. The van der Waals surface area contributed by atoms with Gasteiger partial charge in [-0.2, -0.15) is 0 Å². The second kappa shape index (κ2) is 6.93. The van der Waals surface area contributed by atoms with E-state index in [9.17, 15) is 13.2 Å². The van der Waals surface area contributed by atoms with E-state index in [0.717, 1.165) is 5.56 Å². The van der Waals surface area contributed by atoms with Crippen molar-refractivity contribution in [2.75, 3.05) is 6.26 Å². The van der Waals surface area contributed by atoms with Crippen LogP contribution in [0.25, 0.3) is 0 Å². The van der Waals surface area contributed by atoms with E-state index in [-0.39, 0.29) is 23.0 Å². The van der Waals surface area contributed by atoms with Gasteiger partial charge in [-0.25, -0.2) is 13.2 Å². The van der Waals surface area contributed by atoms with E-state index in [1.807, 2.05) is 27.7 Å². The van der Waals surface area contributed by atoms with Gasteiger partial charge in [-0.15, -0.1) is 0 Å². The molecule has 0 aliphatic carbocycles. The SMILES string of the molecule is CC(NC(=O)NC(C)C(C)C)c1ccc(S(C)(=O)=O)cc1. The molecule has 1 aromatic carbocycles. The lowest BCUT2D eigenvalue weighted by molar-refractivity contribution is 0.231. The lowest BCUT2D eigenvalue weighted by atomic mass is 10.1. The van der Waals surface area contributed by atoms with Crippen LogP contribution in [0.5, 0.6) is 0 Å². The Morgan fingerprint density at radius 1 is 1.00 bits per heavy atom. The van der Waals surface area contributed by atoms with Crippen molar-refractivity contribution < 1.29 is 13.2 Å². The highest BCUT2D eigenvalue weighted by molar-refractivity contribution is 7.90. The molecule has 0 bridgehead atoms. The first kappa shape index (κ1) is 17.5. The van der Waals surface area contributed by atoms with Crippen molar-refractivity contribution in [1.29, 1.82) is 0 Å². The highest BCUT2D eigenvalue weighted by Gasteiger charge is 2.14. The summed E-state index contributed by atoms with van der Waals surface area (Å²) in [5.41, 5.74) is 0.856. The predicted octanol–water partition coefficient (Wildman–Crippen LogP) is 2.49. The van der Waals surface area contributed by atoms with Gasteiger partial charge in [0.2, 0.25) is 0 Å². The maximum atomic E-state index is 11.8. The van der Waals surface area contributed by atoms with E-state index in [1.165, 1.54) is 6.26 Å². The normalized spacial score (nSPS) is 14.6. The number of carbonyl (C=O) groups excluding carboxylic acids is 1. The zero-order valence-corrected chi connectivity index (χ0v) is 14.0. The predicted molar refractivity (Wildman–Crippen MR) is 83.9 cm³/mol. The number of sulfone groups is 1. The van der Waals surface area contributed by atoms with Crippen LogP contribution in [0.15, 0.2) is 29.2 Å². The zero-order valence-electron chi connectivity index (χ0n) is 13.2. The summed E-state index contributed by atoms with van der Waals surface area (Å²) in [4.78, 5) is 12.1. The van der Waals surface area contributed by atoms with Crippen molar-refractivity contribution in [3.8, 4) is 0 Å². The second-order valence-electron chi connectivity index (χ2n) is 5.71. The van der Waals surface area contributed by atoms with Crippen molar-refractivity contribution in [3.63, 3.8) is 0 Å². The Labute approximate surface area is 127 Å². The summed E-state index contributed by atoms with van der Waals surface area (Å²) in [5.74, 6) is 0.361. The number of nitrogens with one attached hydrogen (secondary N) is 2. The van der Waals surface area contributed by atoms with E-state index in [1.54, 1.807) is 24.3 Å². The minimum atomic E-state index is -3.19. The molecule has 5 nitrogen and oxygen atoms in total. The average molecular weight is 312 g/mol. The Balaban J connectivity index is 2.68. The van der Waals surface area contributed by atoms with E-state index in [4.69, 9.17) is 0 Å². The molecule has 0 spiro atoms. The lowest BCUT2D eigenvalue weighted by Gasteiger charge is -2.20. The molecular formula is C15H24N2O3S. The van der Waals surface area contributed by atoms with Crippen molar-refractivity contribution >= 4 is 15.9 Å². The average Bonchev–Trinajstić information content (AvgIpc) is 2.37. The summed E-state index contributed by atoms with van der Waals surface area (Å²) < 4.78 is 22.8. The van der Waals surface area contributed by atoms with Crippen molar-refractivity contribution in [3.05, 3.63) is 29.8 Å². The quantitative estimate of drug-likeness (QED) is 0.877. The number of rotatable bonds is 5. The molecule has 0 heterocycles. The van der Waals surface area contributed by atoms with Gasteiger partial charge in [0.15, 0.2) is 9.84 Å². The Hall–Kier alpha value is -1.56. The lowest BCUT2D eigenvalue weighted by Crippen LogP contribution is -2.43. The van der Waals surface area contributed by atoms with Gasteiger partial charge in [0, 0.05) is 12.3 Å². The van der Waals surface area contributed by atoms with Crippen LogP contribution in [-0.4, -0.2) is 26.7 Å². The maximum absolute atomic E-state index is 11.8. The van der Waals surface area contributed by atoms with E-state index >= 15 is 0 Å². The molecule has 2 N–H and O–H groups in total. The van der Waals surface area contributed by atoms with Crippen LogP contribution < -0.4 is 10.6 Å². The summed E-state index contributed by atoms with van der Waals surface area (Å²) in [6, 6.07) is 6.20. The largest absolute Gasteiger partial charge is 0.335 e. The van der Waals surface area contributed by atoms with E-state index < -0.39 is 9.84 Å². The topological polar surface area (TPSA) is 75.3 Å². The number of benzene rings is 1. The molecule has 118 valence electrons. The fourth-order valence-electron chi connectivity index (χ4n) is 1.70. The van der Waals surface area contributed by atoms with Gasteiger partial charge in [0.1, 0.15) is 0 Å². The summed E-state index contributed by atoms with van der Waals surface area (Å²) in [7, 11) is -3.19. The fraction of sp³-hybridized carbons (Fsp3) is 0.533. The third-order valence-electron chi connectivity index (χ3n) is 3.51. The molecule has 1 aromatic rings. The van der Waals surface area contributed by atoms with Gasteiger partial charge in [-0.1, -0.05) is 26.0 Å². The van der Waals surface area contributed by atoms with Gasteiger partial charge in [-0.05, 0) is 37.5 Å². The monoisotopic (exact) mass is 312 g/mol. The first-order valence-corrected chi connectivity index (χ1v) is 8.87. The van der Waals surface area contributed by atoms with Crippen LogP contribution in [0.2, 0.25) is 0 Å². The number of carbonyl (C=O) groups is 1. The van der Waals surface area contributed by atoms with Gasteiger partial charge in [0.05, 0.1) is 10.9 Å². The summed E-state index contributed by atoms with van der Waals surface area (Å²) in [6.07, 6.45) is 1.17. The van der Waals surface area contributed by atoms with Crippen molar-refractivity contribution in [2.45, 2.75) is 44.7 Å². The van der Waals surface area contributed by atoms with Crippen LogP contribution in [0.3, 0.4) is 0 Å². The number of hydrogen-bond acceptors (Lipinski definition) is 3. The molecule has 0 fully saturated rings. The molecule has 1 rings (SSSR count). The third-order valence-corrected chi connectivity index (χ3v) is 4.64. The molecule has 6 heteroatoms. The highest BCUT2D eigenvalue weighted by atomic mass is 32.2. The molecule has 2 amide bonds. The molecule has 21 heavy (non-hydrogen) atoms. The van der Waals surface area contributed by atoms with Crippen LogP contribution in [0, 0.1) is 5.92 Å². The first-order valence-electron chi connectivity index (χ1n) is 6.98. The molecule has 0 saturated carbocycles. The van der Waals surface area contributed by atoms with Crippen molar-refractivity contribution in [1.82, 2.24) is 10.6 Å². The standard InChI is InChI=1S/C15H24N2O3S/c1-10(2)11(3)16-15(18)17-12(4)13-6-8-14(9-7-13)21(5,19)20/h6-12H,1-5H3,(H2,16,17,18). The molecule has 0 saturated heterocycles. The molecule has 2 unspecified atom stereocenters. The van der Waals surface area contributed by atoms with E-state index in [0.29, 0.717) is 5.92 Å². The zero-order chi connectivity index (χ0) is 16.2. The van der Waals surface area contributed by atoms with E-state index in [2.05, 4.69) is 10.6 Å². The van der Waals surface area contributed by atoms with Crippen LogP contribution in [0.1, 0.15) is 39.3 Å². The highest BCUT2D eigenvalue weighted by Crippen LogP contribution is 2.16. The first-order chi connectivity index (χ1) is 9.61. The Bertz CT molecular complexity index is 579. The Morgan fingerprint density at radius 2 is 1.52 bits per heavy atom. The number of amides is 2. The minimum Gasteiger partial charge on any atom is -0.335 e. The van der Waals surface area contributed by atoms with Gasteiger partial charge < -0.3 is 10.6 Å². The Kier molecular flexibility index (Phi) is 5.78. The third kappa shape index (κ3) is 5.38. The molecule has 0 aliphatic rings. The van der Waals surface area contributed by atoms with Gasteiger partial charge in [-0.3, -0.25) is 0 Å². The van der Waals surface area contributed by atoms with Gasteiger partial charge >= 0.3 is 6.03 Å². The minimum absolute atomic E-state index is 0.0878. The second-order valence-corrected chi connectivity index (χ2v) is 7.73. The molecule has 0 aromatic heterocycles. The van der Waals surface area contributed by atoms with Crippen LogP contribution in [0.4, 0.5) is 4.79 Å². The Morgan fingerprint density at radius 3 is 1.95 bits per heavy atom. The van der Waals surface area contributed by atoms with Gasteiger partial charge in [0.25, 0.3) is 0 Å². The molecule has 0 radical (unpaired) electrons.